The number of hydrazine groups is 1. The van der Waals surface area contributed by atoms with Gasteiger partial charge in [-0.15, -0.1) is 0 Å². The Labute approximate surface area is 118 Å². The van der Waals surface area contributed by atoms with E-state index in [1.807, 2.05) is 31.2 Å². The van der Waals surface area contributed by atoms with E-state index in [9.17, 15) is 4.39 Å². The van der Waals surface area contributed by atoms with Crippen LogP contribution in [0.25, 0.3) is 0 Å². The van der Waals surface area contributed by atoms with E-state index in [0.29, 0.717) is 0 Å². The number of nitrogens with one attached hydrogen (secondary N) is 1. The van der Waals surface area contributed by atoms with Crippen molar-refractivity contribution in [2.75, 3.05) is 0 Å². The Balaban J connectivity index is 2.02. The SMILES string of the molecule is Cc1cc(F)cc(C(NN)C2(c3ccccc3)CC2)c1. The Morgan fingerprint density at radius 2 is 1.85 bits per heavy atom. The molecule has 0 heterocycles. The molecule has 0 aliphatic heterocycles. The topological polar surface area (TPSA) is 38.0 Å². The second-order valence-corrected chi connectivity index (χ2v) is 5.68. The van der Waals surface area contributed by atoms with Crippen molar-refractivity contribution in [1.29, 1.82) is 0 Å². The van der Waals surface area contributed by atoms with Crippen LogP contribution in [0.5, 0.6) is 0 Å². The summed E-state index contributed by atoms with van der Waals surface area (Å²) in [5.74, 6) is 5.59. The maximum Gasteiger partial charge on any atom is 0.123 e. The van der Waals surface area contributed by atoms with E-state index in [-0.39, 0.29) is 17.3 Å². The lowest BCUT2D eigenvalue weighted by atomic mass is 9.84. The van der Waals surface area contributed by atoms with Crippen molar-refractivity contribution >= 4 is 0 Å². The maximum atomic E-state index is 13.7. The minimum absolute atomic E-state index is 0.00373. The van der Waals surface area contributed by atoms with E-state index in [4.69, 9.17) is 5.84 Å². The molecule has 2 nitrogen and oxygen atoms in total. The summed E-state index contributed by atoms with van der Waals surface area (Å²) >= 11 is 0. The van der Waals surface area contributed by atoms with Gasteiger partial charge in [0.1, 0.15) is 5.82 Å². The van der Waals surface area contributed by atoms with E-state index in [1.54, 1.807) is 12.1 Å². The molecule has 3 heteroatoms. The lowest BCUT2D eigenvalue weighted by Gasteiger charge is -2.27. The van der Waals surface area contributed by atoms with Gasteiger partial charge in [-0.2, -0.15) is 0 Å². The number of aryl methyl sites for hydroxylation is 1. The number of hydrogen-bond acceptors (Lipinski definition) is 2. The Morgan fingerprint density at radius 3 is 2.40 bits per heavy atom. The minimum Gasteiger partial charge on any atom is -0.271 e. The fourth-order valence-corrected chi connectivity index (χ4v) is 3.15. The lowest BCUT2D eigenvalue weighted by Crippen LogP contribution is -2.36. The number of nitrogens with two attached hydrogens (primary N) is 1. The van der Waals surface area contributed by atoms with Crippen molar-refractivity contribution in [2.45, 2.75) is 31.2 Å². The molecule has 0 spiro atoms. The smallest absolute Gasteiger partial charge is 0.123 e. The van der Waals surface area contributed by atoms with Crippen LogP contribution in [0.15, 0.2) is 48.5 Å². The summed E-state index contributed by atoms with van der Waals surface area (Å²) in [6, 6.07) is 15.4. The predicted octanol–water partition coefficient (Wildman–Crippen LogP) is 3.37. The molecule has 3 N–H and O–H groups in total. The predicted molar refractivity (Wildman–Crippen MR) is 78.6 cm³/mol. The molecule has 0 bridgehead atoms. The highest BCUT2D eigenvalue weighted by molar-refractivity contribution is 5.39. The number of halogens is 1. The highest BCUT2D eigenvalue weighted by Gasteiger charge is 2.51. The van der Waals surface area contributed by atoms with Crippen LogP contribution in [0.2, 0.25) is 0 Å². The van der Waals surface area contributed by atoms with Crippen molar-refractivity contribution in [2.24, 2.45) is 5.84 Å². The van der Waals surface area contributed by atoms with Crippen LogP contribution in [0.4, 0.5) is 4.39 Å². The molecule has 0 amide bonds. The highest BCUT2D eigenvalue weighted by atomic mass is 19.1. The summed E-state index contributed by atoms with van der Waals surface area (Å²) in [5, 5.41) is 0. The molecule has 1 aliphatic carbocycles. The Kier molecular flexibility index (Phi) is 3.32. The Bertz CT molecular complexity index is 585. The van der Waals surface area contributed by atoms with E-state index in [2.05, 4.69) is 17.6 Å². The zero-order valence-electron chi connectivity index (χ0n) is 11.6. The van der Waals surface area contributed by atoms with E-state index >= 15 is 0 Å². The highest BCUT2D eigenvalue weighted by Crippen LogP contribution is 2.56. The Hall–Kier alpha value is -1.71. The normalized spacial score (nSPS) is 17.8. The standard InChI is InChI=1S/C17H19FN2/c1-12-9-13(11-15(18)10-12)16(20-19)17(7-8-17)14-5-3-2-4-6-14/h2-6,9-11,16,20H,7-8,19H2,1H3. The third kappa shape index (κ3) is 2.23. The average Bonchev–Trinajstić information content (AvgIpc) is 3.21. The van der Waals surface area contributed by atoms with Gasteiger partial charge in [0.25, 0.3) is 0 Å². The molecule has 0 radical (unpaired) electrons. The largest absolute Gasteiger partial charge is 0.271 e. The lowest BCUT2D eigenvalue weighted by molar-refractivity contribution is 0.436. The van der Waals surface area contributed by atoms with Gasteiger partial charge in [-0.3, -0.25) is 11.3 Å². The van der Waals surface area contributed by atoms with Gasteiger partial charge in [0.2, 0.25) is 0 Å². The molecule has 1 atom stereocenters. The van der Waals surface area contributed by atoms with Gasteiger partial charge in [-0.25, -0.2) is 4.39 Å². The number of rotatable bonds is 4. The summed E-state index contributed by atoms with van der Waals surface area (Å²) in [6.07, 6.45) is 2.14. The van der Waals surface area contributed by atoms with Crippen LogP contribution in [-0.2, 0) is 5.41 Å². The molecule has 20 heavy (non-hydrogen) atoms. The van der Waals surface area contributed by atoms with Crippen molar-refractivity contribution in [3.63, 3.8) is 0 Å². The van der Waals surface area contributed by atoms with E-state index < -0.39 is 0 Å². The molecule has 104 valence electrons. The quantitative estimate of drug-likeness (QED) is 0.660. The molecule has 0 saturated heterocycles. The first-order chi connectivity index (χ1) is 9.65. The molecule has 0 aromatic heterocycles. The molecular formula is C17H19FN2. The first kappa shape index (κ1) is 13.3. The summed E-state index contributed by atoms with van der Waals surface area (Å²) in [7, 11) is 0. The van der Waals surface area contributed by atoms with Gasteiger partial charge in [0.15, 0.2) is 0 Å². The summed E-state index contributed by atoms with van der Waals surface area (Å²) in [5.41, 5.74) is 6.02. The molecule has 1 unspecified atom stereocenters. The summed E-state index contributed by atoms with van der Waals surface area (Å²) in [6.45, 7) is 1.91. The van der Waals surface area contributed by atoms with Crippen LogP contribution in [-0.4, -0.2) is 0 Å². The van der Waals surface area contributed by atoms with Gasteiger partial charge in [-0.05, 0) is 48.6 Å². The average molecular weight is 270 g/mol. The van der Waals surface area contributed by atoms with Crippen molar-refractivity contribution in [3.8, 4) is 0 Å². The molecule has 1 aliphatic rings. The zero-order chi connectivity index (χ0) is 14.2. The van der Waals surface area contributed by atoms with Crippen LogP contribution >= 0.6 is 0 Å². The fourth-order valence-electron chi connectivity index (χ4n) is 3.15. The van der Waals surface area contributed by atoms with Gasteiger partial charge < -0.3 is 0 Å². The second kappa shape index (κ2) is 5.00. The summed E-state index contributed by atoms with van der Waals surface area (Å²) in [4.78, 5) is 0. The first-order valence-electron chi connectivity index (χ1n) is 6.94. The third-order valence-corrected chi connectivity index (χ3v) is 4.25. The molecule has 1 fully saturated rings. The third-order valence-electron chi connectivity index (χ3n) is 4.25. The molecule has 3 rings (SSSR count). The van der Waals surface area contributed by atoms with Crippen LogP contribution in [0.3, 0.4) is 0 Å². The van der Waals surface area contributed by atoms with E-state index in [0.717, 1.165) is 24.0 Å². The molecule has 2 aromatic rings. The van der Waals surface area contributed by atoms with Crippen molar-refractivity contribution in [1.82, 2.24) is 5.43 Å². The van der Waals surface area contributed by atoms with Crippen molar-refractivity contribution < 1.29 is 4.39 Å². The second-order valence-electron chi connectivity index (χ2n) is 5.68. The van der Waals surface area contributed by atoms with Gasteiger partial charge in [0.05, 0.1) is 6.04 Å². The van der Waals surface area contributed by atoms with Gasteiger partial charge in [0, 0.05) is 5.41 Å². The summed E-state index contributed by atoms with van der Waals surface area (Å²) < 4.78 is 13.7. The zero-order valence-corrected chi connectivity index (χ0v) is 11.6. The van der Waals surface area contributed by atoms with Crippen LogP contribution in [0.1, 0.15) is 35.6 Å². The van der Waals surface area contributed by atoms with E-state index in [1.165, 1.54) is 5.56 Å². The Morgan fingerprint density at radius 1 is 1.15 bits per heavy atom. The molecular weight excluding hydrogens is 251 g/mol. The van der Waals surface area contributed by atoms with Gasteiger partial charge in [-0.1, -0.05) is 36.4 Å². The van der Waals surface area contributed by atoms with Crippen LogP contribution < -0.4 is 11.3 Å². The first-order valence-corrected chi connectivity index (χ1v) is 6.94. The maximum absolute atomic E-state index is 13.7. The monoisotopic (exact) mass is 270 g/mol. The molecule has 2 aromatic carbocycles. The van der Waals surface area contributed by atoms with Crippen LogP contribution in [0, 0.1) is 12.7 Å². The number of benzene rings is 2. The minimum atomic E-state index is -0.205. The van der Waals surface area contributed by atoms with Gasteiger partial charge >= 0.3 is 0 Å². The molecule has 1 saturated carbocycles. The van der Waals surface area contributed by atoms with Crippen molar-refractivity contribution in [3.05, 3.63) is 71.0 Å². The number of hydrogen-bond donors (Lipinski definition) is 2. The fraction of sp³-hybridized carbons (Fsp3) is 0.294.